The van der Waals surface area contributed by atoms with Crippen LogP contribution in [0.15, 0.2) is 18.3 Å². The van der Waals surface area contributed by atoms with Crippen LogP contribution in [0.25, 0.3) is 11.5 Å². The third-order valence-electron chi connectivity index (χ3n) is 6.15. The van der Waals surface area contributed by atoms with Gasteiger partial charge in [0.2, 0.25) is 11.8 Å². The standard InChI is InChI=1S/C22H27F3N6O2/c1-13-4-5-18(32)31(10-13)11-14(26)9-19(33)30-8-6-15-17(12-30)28-21(16-3-2-7-27-16)29-20(15)22(23,24)25/h2-3,7,13-14,27H,4-6,8-12,26H2,1H3/t13-,14-/m1/s1. The number of carbonyl (C=O) groups excluding carboxylic acids is 2. The summed E-state index contributed by atoms with van der Waals surface area (Å²) in [5.74, 6) is 0.103. The van der Waals surface area contributed by atoms with Crippen LogP contribution in [-0.4, -0.2) is 62.2 Å². The predicted octanol–water partition coefficient (Wildman–Crippen LogP) is 2.35. The van der Waals surface area contributed by atoms with Gasteiger partial charge in [0.15, 0.2) is 11.5 Å². The zero-order valence-electron chi connectivity index (χ0n) is 18.4. The van der Waals surface area contributed by atoms with Crippen molar-refractivity contribution in [1.82, 2.24) is 24.8 Å². The Morgan fingerprint density at radius 3 is 2.82 bits per heavy atom. The van der Waals surface area contributed by atoms with Gasteiger partial charge in [-0.3, -0.25) is 9.59 Å². The summed E-state index contributed by atoms with van der Waals surface area (Å²) in [4.78, 5) is 39.1. The molecule has 2 aromatic rings. The molecular weight excluding hydrogens is 437 g/mol. The minimum Gasteiger partial charge on any atom is -0.359 e. The third kappa shape index (κ3) is 5.18. The van der Waals surface area contributed by atoms with Gasteiger partial charge in [0, 0.05) is 50.3 Å². The molecule has 2 aliphatic rings. The van der Waals surface area contributed by atoms with Crippen molar-refractivity contribution in [2.24, 2.45) is 11.7 Å². The number of fused-ring (bicyclic) bond motifs is 1. The Bertz CT molecular complexity index is 1020. The number of nitrogens with two attached hydrogens (primary N) is 1. The molecule has 4 heterocycles. The first-order valence-corrected chi connectivity index (χ1v) is 11.0. The Hall–Kier alpha value is -2.95. The van der Waals surface area contributed by atoms with Crippen LogP contribution in [-0.2, 0) is 28.7 Å². The molecule has 1 fully saturated rings. The summed E-state index contributed by atoms with van der Waals surface area (Å²) in [6.07, 6.45) is -1.69. The van der Waals surface area contributed by atoms with Gasteiger partial charge in [0.25, 0.3) is 0 Å². The normalized spacial score (nSPS) is 20.0. The van der Waals surface area contributed by atoms with Crippen molar-refractivity contribution in [2.75, 3.05) is 19.6 Å². The van der Waals surface area contributed by atoms with Gasteiger partial charge in [-0.15, -0.1) is 0 Å². The van der Waals surface area contributed by atoms with Gasteiger partial charge in [0.1, 0.15) is 0 Å². The molecule has 8 nitrogen and oxygen atoms in total. The van der Waals surface area contributed by atoms with E-state index in [9.17, 15) is 22.8 Å². The van der Waals surface area contributed by atoms with E-state index in [0.717, 1.165) is 6.42 Å². The molecule has 0 spiro atoms. The van der Waals surface area contributed by atoms with Crippen LogP contribution < -0.4 is 5.73 Å². The Kier molecular flexibility index (Phi) is 6.42. The highest BCUT2D eigenvalue weighted by molar-refractivity contribution is 5.78. The van der Waals surface area contributed by atoms with E-state index in [-0.39, 0.29) is 61.4 Å². The molecule has 33 heavy (non-hydrogen) atoms. The quantitative estimate of drug-likeness (QED) is 0.706. The van der Waals surface area contributed by atoms with Crippen molar-refractivity contribution in [3.63, 3.8) is 0 Å². The van der Waals surface area contributed by atoms with Gasteiger partial charge in [-0.1, -0.05) is 6.92 Å². The van der Waals surface area contributed by atoms with E-state index in [1.807, 2.05) is 0 Å². The lowest BCUT2D eigenvalue weighted by Crippen LogP contribution is -2.48. The van der Waals surface area contributed by atoms with E-state index in [2.05, 4.69) is 21.9 Å². The first kappa shape index (κ1) is 23.2. The Labute approximate surface area is 189 Å². The maximum absolute atomic E-state index is 13.7. The highest BCUT2D eigenvalue weighted by atomic mass is 19.4. The summed E-state index contributed by atoms with van der Waals surface area (Å²) in [5, 5.41) is 0. The summed E-state index contributed by atoms with van der Waals surface area (Å²) in [6.45, 7) is 3.07. The Balaban J connectivity index is 1.48. The average Bonchev–Trinajstić information content (AvgIpc) is 3.29. The number of carbonyl (C=O) groups is 2. The number of alkyl halides is 3. The van der Waals surface area contributed by atoms with Gasteiger partial charge in [0.05, 0.1) is 17.9 Å². The zero-order valence-corrected chi connectivity index (χ0v) is 18.4. The Morgan fingerprint density at radius 1 is 1.33 bits per heavy atom. The molecule has 2 atom stereocenters. The van der Waals surface area contributed by atoms with Crippen LogP contribution in [0.2, 0.25) is 0 Å². The molecule has 2 aliphatic heterocycles. The van der Waals surface area contributed by atoms with Gasteiger partial charge in [-0.2, -0.15) is 13.2 Å². The maximum Gasteiger partial charge on any atom is 0.433 e. The minimum absolute atomic E-state index is 0.00813. The molecule has 0 bridgehead atoms. The van der Waals surface area contributed by atoms with Crippen molar-refractivity contribution >= 4 is 11.8 Å². The monoisotopic (exact) mass is 464 g/mol. The molecule has 2 amide bonds. The number of nitrogens with zero attached hydrogens (tertiary/aromatic N) is 4. The van der Waals surface area contributed by atoms with E-state index in [1.165, 1.54) is 4.90 Å². The van der Waals surface area contributed by atoms with Crippen molar-refractivity contribution in [2.45, 2.75) is 51.4 Å². The SMILES string of the molecule is C[C@@H]1CCC(=O)N(C[C@H](N)CC(=O)N2CCc3c(nc(-c4ccc[nH]4)nc3C(F)(F)F)C2)C1. The van der Waals surface area contributed by atoms with Crippen molar-refractivity contribution < 1.29 is 22.8 Å². The molecule has 0 unspecified atom stereocenters. The second kappa shape index (κ2) is 9.12. The van der Waals surface area contributed by atoms with Crippen LogP contribution in [0, 0.1) is 5.92 Å². The summed E-state index contributed by atoms with van der Waals surface area (Å²) in [6, 6.07) is 2.70. The van der Waals surface area contributed by atoms with Crippen LogP contribution in [0.1, 0.15) is 43.1 Å². The predicted molar refractivity (Wildman–Crippen MR) is 114 cm³/mol. The molecule has 1 saturated heterocycles. The van der Waals surface area contributed by atoms with E-state index >= 15 is 0 Å². The Morgan fingerprint density at radius 2 is 2.12 bits per heavy atom. The lowest BCUT2D eigenvalue weighted by molar-refractivity contribution is -0.142. The van der Waals surface area contributed by atoms with E-state index < -0.39 is 17.9 Å². The number of rotatable bonds is 5. The summed E-state index contributed by atoms with van der Waals surface area (Å²) in [7, 11) is 0. The van der Waals surface area contributed by atoms with Crippen LogP contribution in [0.5, 0.6) is 0 Å². The fourth-order valence-corrected chi connectivity index (χ4v) is 4.44. The number of amides is 2. The smallest absolute Gasteiger partial charge is 0.359 e. The summed E-state index contributed by atoms with van der Waals surface area (Å²) < 4.78 is 41.0. The van der Waals surface area contributed by atoms with Crippen LogP contribution in [0.3, 0.4) is 0 Å². The number of aromatic nitrogens is 3. The van der Waals surface area contributed by atoms with Gasteiger partial charge < -0.3 is 20.5 Å². The zero-order chi connectivity index (χ0) is 23.8. The molecule has 0 radical (unpaired) electrons. The van der Waals surface area contributed by atoms with Crippen molar-refractivity contribution in [1.29, 1.82) is 0 Å². The molecule has 0 saturated carbocycles. The van der Waals surface area contributed by atoms with E-state index in [0.29, 0.717) is 24.6 Å². The van der Waals surface area contributed by atoms with Crippen molar-refractivity contribution in [3.05, 3.63) is 35.3 Å². The molecule has 4 rings (SSSR count). The maximum atomic E-state index is 13.7. The topological polar surface area (TPSA) is 108 Å². The second-order valence-electron chi connectivity index (χ2n) is 8.87. The molecule has 11 heteroatoms. The molecule has 0 aliphatic carbocycles. The summed E-state index contributed by atoms with van der Waals surface area (Å²) in [5.41, 5.74) is 5.79. The molecule has 178 valence electrons. The number of likely N-dealkylation sites (tertiary alicyclic amines) is 1. The van der Waals surface area contributed by atoms with Gasteiger partial charge in [-0.05, 0) is 30.9 Å². The minimum atomic E-state index is -4.62. The highest BCUT2D eigenvalue weighted by Gasteiger charge is 2.39. The lowest BCUT2D eigenvalue weighted by atomic mass is 9.98. The fraction of sp³-hybridized carbons (Fsp3) is 0.545. The van der Waals surface area contributed by atoms with E-state index in [1.54, 1.807) is 23.2 Å². The molecule has 2 aromatic heterocycles. The number of halogens is 3. The van der Waals surface area contributed by atoms with Crippen LogP contribution >= 0.6 is 0 Å². The largest absolute Gasteiger partial charge is 0.433 e. The summed E-state index contributed by atoms with van der Waals surface area (Å²) >= 11 is 0. The lowest BCUT2D eigenvalue weighted by Gasteiger charge is -2.34. The second-order valence-corrected chi connectivity index (χ2v) is 8.87. The fourth-order valence-electron chi connectivity index (χ4n) is 4.44. The number of nitrogens with one attached hydrogen (secondary N) is 1. The highest BCUT2D eigenvalue weighted by Crippen LogP contribution is 2.35. The van der Waals surface area contributed by atoms with Crippen LogP contribution in [0.4, 0.5) is 13.2 Å². The number of hydrogen-bond donors (Lipinski definition) is 2. The van der Waals surface area contributed by atoms with E-state index in [4.69, 9.17) is 5.73 Å². The number of aromatic amines is 1. The first-order valence-electron chi connectivity index (χ1n) is 11.0. The molecule has 3 N–H and O–H groups in total. The van der Waals surface area contributed by atoms with Crippen molar-refractivity contribution in [3.8, 4) is 11.5 Å². The van der Waals surface area contributed by atoms with Gasteiger partial charge >= 0.3 is 6.18 Å². The molecule has 0 aromatic carbocycles. The number of H-pyrrole nitrogens is 1. The molecular formula is C22H27F3N6O2. The average molecular weight is 464 g/mol. The van der Waals surface area contributed by atoms with Gasteiger partial charge in [-0.25, -0.2) is 9.97 Å². The first-order chi connectivity index (χ1) is 15.6. The number of piperidine rings is 1. The number of hydrogen-bond acceptors (Lipinski definition) is 5. The third-order valence-corrected chi connectivity index (χ3v) is 6.15.